The molecule has 1 aliphatic rings. The summed E-state index contributed by atoms with van der Waals surface area (Å²) in [7, 11) is 0. The lowest BCUT2D eigenvalue weighted by molar-refractivity contribution is -0.132. The van der Waals surface area contributed by atoms with E-state index in [4.69, 9.17) is 9.47 Å². The Morgan fingerprint density at radius 3 is 2.23 bits per heavy atom. The molecule has 222 valence electrons. The number of ether oxygens (including phenoxy) is 2. The number of amides is 1. The molecule has 1 fully saturated rings. The molecule has 1 N–H and O–H groups in total. The summed E-state index contributed by atoms with van der Waals surface area (Å²) in [6, 6.07) is 23.2. The van der Waals surface area contributed by atoms with Crippen LogP contribution in [0.25, 0.3) is 5.76 Å². The van der Waals surface area contributed by atoms with Crippen LogP contribution in [-0.2, 0) is 15.3 Å². The van der Waals surface area contributed by atoms with Gasteiger partial charge < -0.3 is 14.6 Å². The molecule has 1 aliphatic heterocycles. The predicted molar refractivity (Wildman–Crippen MR) is 170 cm³/mol. The summed E-state index contributed by atoms with van der Waals surface area (Å²) in [5, 5.41) is 20.4. The molecule has 0 aliphatic carbocycles. The van der Waals surface area contributed by atoms with E-state index in [1.165, 1.54) is 28.0 Å². The molecular weight excluding hydrogens is 583 g/mol. The van der Waals surface area contributed by atoms with Crippen molar-refractivity contribution < 1.29 is 24.2 Å². The van der Waals surface area contributed by atoms with Gasteiger partial charge in [-0.1, -0.05) is 85.8 Å². The van der Waals surface area contributed by atoms with E-state index in [1.54, 1.807) is 48.5 Å². The molecule has 1 atom stereocenters. The summed E-state index contributed by atoms with van der Waals surface area (Å²) >= 11 is 2.74. The number of thioether (sulfide) groups is 1. The van der Waals surface area contributed by atoms with E-state index in [9.17, 15) is 14.7 Å². The van der Waals surface area contributed by atoms with Crippen molar-refractivity contribution in [3.63, 3.8) is 0 Å². The van der Waals surface area contributed by atoms with Gasteiger partial charge in [0.1, 0.15) is 17.3 Å². The average Bonchev–Trinajstić information content (AvgIpc) is 3.61. The van der Waals surface area contributed by atoms with Crippen molar-refractivity contribution in [1.82, 2.24) is 10.2 Å². The van der Waals surface area contributed by atoms with Crippen molar-refractivity contribution in [2.45, 2.75) is 49.2 Å². The molecule has 4 aromatic rings. The SMILES string of the molecule is CCCCOc1ccc(/C(O)=C2\C(=O)C(=O)N(c3nnc(SCc4ccccc4)s3)C2c2ccc(OCCC)cc2)cc1. The molecule has 10 heteroatoms. The monoisotopic (exact) mass is 615 g/mol. The van der Waals surface area contributed by atoms with E-state index >= 15 is 0 Å². The van der Waals surface area contributed by atoms with Crippen molar-refractivity contribution in [2.75, 3.05) is 18.1 Å². The summed E-state index contributed by atoms with van der Waals surface area (Å²) in [6.45, 7) is 5.29. The van der Waals surface area contributed by atoms with Crippen LogP contribution in [0.3, 0.4) is 0 Å². The Hall–Kier alpha value is -4.15. The molecular formula is C33H33N3O5S2. The van der Waals surface area contributed by atoms with Gasteiger partial charge in [0.2, 0.25) is 5.13 Å². The number of anilines is 1. The van der Waals surface area contributed by atoms with Crippen LogP contribution in [0.4, 0.5) is 5.13 Å². The number of benzene rings is 3. The Labute approximate surface area is 259 Å². The van der Waals surface area contributed by atoms with E-state index in [-0.39, 0.29) is 16.5 Å². The quantitative estimate of drug-likeness (QED) is 0.0414. The highest BCUT2D eigenvalue weighted by molar-refractivity contribution is 8.00. The van der Waals surface area contributed by atoms with Crippen LogP contribution in [0.1, 0.15) is 55.8 Å². The summed E-state index contributed by atoms with van der Waals surface area (Å²) < 4.78 is 12.2. The average molecular weight is 616 g/mol. The van der Waals surface area contributed by atoms with E-state index in [1.807, 2.05) is 37.3 Å². The number of carbonyl (C=O) groups excluding carboxylic acids is 2. The zero-order valence-electron chi connectivity index (χ0n) is 24.1. The maximum atomic E-state index is 13.6. The third kappa shape index (κ3) is 7.09. The lowest BCUT2D eigenvalue weighted by Gasteiger charge is -2.22. The van der Waals surface area contributed by atoms with Crippen LogP contribution in [0.15, 0.2) is 88.8 Å². The molecule has 43 heavy (non-hydrogen) atoms. The number of unbranched alkanes of at least 4 members (excludes halogenated alkanes) is 1. The van der Waals surface area contributed by atoms with Crippen LogP contribution in [-0.4, -0.2) is 40.2 Å². The molecule has 1 amide bonds. The number of aliphatic hydroxyl groups excluding tert-OH is 1. The van der Waals surface area contributed by atoms with Gasteiger partial charge in [0, 0.05) is 11.3 Å². The Kier molecular flexibility index (Phi) is 10.1. The third-order valence-corrected chi connectivity index (χ3v) is 8.94. The van der Waals surface area contributed by atoms with Crippen LogP contribution in [0, 0.1) is 0 Å². The highest BCUT2D eigenvalue weighted by Gasteiger charge is 2.48. The molecule has 0 bridgehead atoms. The van der Waals surface area contributed by atoms with Crippen LogP contribution in [0.2, 0.25) is 0 Å². The van der Waals surface area contributed by atoms with Crippen molar-refractivity contribution in [2.24, 2.45) is 0 Å². The number of Topliss-reactive ketones (excluding diaryl/α,β-unsaturated/α-hetero) is 1. The molecule has 3 aromatic carbocycles. The first-order valence-corrected chi connectivity index (χ1v) is 16.1. The maximum Gasteiger partial charge on any atom is 0.301 e. The van der Waals surface area contributed by atoms with Gasteiger partial charge in [-0.25, -0.2) is 0 Å². The van der Waals surface area contributed by atoms with Crippen LogP contribution < -0.4 is 14.4 Å². The smallest absolute Gasteiger partial charge is 0.301 e. The summed E-state index contributed by atoms with van der Waals surface area (Å²) in [6.07, 6.45) is 2.82. The molecule has 1 aromatic heterocycles. The lowest BCUT2D eigenvalue weighted by Crippen LogP contribution is -2.29. The van der Waals surface area contributed by atoms with Crippen molar-refractivity contribution in [3.8, 4) is 11.5 Å². The zero-order valence-corrected chi connectivity index (χ0v) is 25.7. The van der Waals surface area contributed by atoms with Gasteiger partial charge in [-0.2, -0.15) is 0 Å². The highest BCUT2D eigenvalue weighted by atomic mass is 32.2. The summed E-state index contributed by atoms with van der Waals surface area (Å²) in [5.74, 6) is 0.213. The largest absolute Gasteiger partial charge is 0.507 e. The van der Waals surface area contributed by atoms with E-state index in [2.05, 4.69) is 17.1 Å². The van der Waals surface area contributed by atoms with Gasteiger partial charge in [0.15, 0.2) is 4.34 Å². The first-order chi connectivity index (χ1) is 21.0. The first kappa shape index (κ1) is 30.3. The van der Waals surface area contributed by atoms with Gasteiger partial charge >= 0.3 is 5.91 Å². The number of aromatic nitrogens is 2. The summed E-state index contributed by atoms with van der Waals surface area (Å²) in [5.41, 5.74) is 2.17. The number of hydrogen-bond donors (Lipinski definition) is 1. The maximum absolute atomic E-state index is 13.6. The molecule has 8 nitrogen and oxygen atoms in total. The molecule has 5 rings (SSSR count). The second-order valence-electron chi connectivity index (χ2n) is 9.94. The topological polar surface area (TPSA) is 102 Å². The fourth-order valence-electron chi connectivity index (χ4n) is 4.59. The molecule has 1 saturated heterocycles. The normalized spacial score (nSPS) is 16.0. The van der Waals surface area contributed by atoms with Crippen molar-refractivity contribution in [1.29, 1.82) is 0 Å². The van der Waals surface area contributed by atoms with Gasteiger partial charge in [-0.15, -0.1) is 10.2 Å². The zero-order chi connectivity index (χ0) is 30.2. The second-order valence-corrected chi connectivity index (χ2v) is 12.1. The molecule has 0 spiro atoms. The Balaban J connectivity index is 1.49. The first-order valence-electron chi connectivity index (χ1n) is 14.3. The molecule has 1 unspecified atom stereocenters. The minimum Gasteiger partial charge on any atom is -0.507 e. The van der Waals surface area contributed by atoms with Gasteiger partial charge in [-0.3, -0.25) is 14.5 Å². The third-order valence-electron chi connectivity index (χ3n) is 6.81. The Bertz CT molecular complexity index is 1570. The second kappa shape index (κ2) is 14.3. The van der Waals surface area contributed by atoms with Gasteiger partial charge in [-0.05, 0) is 60.4 Å². The lowest BCUT2D eigenvalue weighted by atomic mass is 9.95. The minimum atomic E-state index is -0.902. The van der Waals surface area contributed by atoms with Gasteiger partial charge in [0.05, 0.1) is 24.8 Å². The number of ketones is 1. The fourth-order valence-corrected chi connectivity index (χ4v) is 6.41. The highest BCUT2D eigenvalue weighted by Crippen LogP contribution is 2.44. The van der Waals surface area contributed by atoms with E-state index < -0.39 is 17.7 Å². The van der Waals surface area contributed by atoms with Crippen LogP contribution in [0.5, 0.6) is 11.5 Å². The molecule has 0 saturated carbocycles. The Morgan fingerprint density at radius 2 is 1.56 bits per heavy atom. The molecule has 0 radical (unpaired) electrons. The fraction of sp³-hybridized carbons (Fsp3) is 0.273. The number of hydrogen-bond acceptors (Lipinski definition) is 9. The standard InChI is InChI=1S/C33H33N3O5S2/c1-3-5-20-41-26-17-13-24(14-18-26)29(37)27-28(23-11-15-25(16-12-23)40-19-4-2)36(31(39)30(27)38)32-34-35-33(43-32)42-21-22-9-7-6-8-10-22/h6-18,28,37H,3-5,19-21H2,1-2H3/b29-27+. The van der Waals surface area contributed by atoms with Crippen LogP contribution >= 0.6 is 23.1 Å². The number of carbonyl (C=O) groups is 2. The Morgan fingerprint density at radius 1 is 0.884 bits per heavy atom. The van der Waals surface area contributed by atoms with E-state index in [0.29, 0.717) is 45.9 Å². The number of aliphatic hydroxyl groups is 1. The number of rotatable bonds is 13. The van der Waals surface area contributed by atoms with Crippen molar-refractivity contribution in [3.05, 3.63) is 101 Å². The number of nitrogens with zero attached hydrogens (tertiary/aromatic N) is 3. The van der Waals surface area contributed by atoms with Gasteiger partial charge in [0.25, 0.3) is 5.78 Å². The van der Waals surface area contributed by atoms with Crippen molar-refractivity contribution >= 4 is 45.7 Å². The summed E-state index contributed by atoms with van der Waals surface area (Å²) in [4.78, 5) is 28.4. The molecule has 2 heterocycles. The minimum absolute atomic E-state index is 0.0134. The van der Waals surface area contributed by atoms with E-state index in [0.717, 1.165) is 24.8 Å². The predicted octanol–water partition coefficient (Wildman–Crippen LogP) is 7.42.